The number of carbonyl (C=O) groups is 1. The molecule has 0 heterocycles. The molecule has 10 heteroatoms. The van der Waals surface area contributed by atoms with Gasteiger partial charge in [-0.05, 0) is 36.8 Å². The van der Waals surface area contributed by atoms with E-state index < -0.39 is 39.9 Å². The first-order chi connectivity index (χ1) is 13.6. The van der Waals surface area contributed by atoms with Gasteiger partial charge in [-0.25, -0.2) is 21.6 Å². The molecule has 2 aromatic rings. The highest BCUT2D eigenvalue weighted by Crippen LogP contribution is 2.23. The third-order valence-corrected chi connectivity index (χ3v) is 6.35. The summed E-state index contributed by atoms with van der Waals surface area (Å²) in [5, 5.41) is 4.92. The number of benzene rings is 2. The van der Waals surface area contributed by atoms with Gasteiger partial charge in [-0.15, -0.1) is 0 Å². The molecule has 0 aliphatic rings. The average molecular weight is 429 g/mol. The fourth-order valence-electron chi connectivity index (χ4n) is 2.64. The SMILES string of the molecule is CCN(CC)S(=O)(=O)c1ccc(C)c(NC(=O)CNc2ccc(F)c(F)c2F)c1. The Morgan fingerprint density at radius 3 is 2.28 bits per heavy atom. The maximum Gasteiger partial charge on any atom is 0.243 e. The van der Waals surface area contributed by atoms with Gasteiger partial charge in [-0.2, -0.15) is 4.31 Å². The van der Waals surface area contributed by atoms with Crippen molar-refractivity contribution in [3.63, 3.8) is 0 Å². The van der Waals surface area contributed by atoms with Crippen molar-refractivity contribution in [2.45, 2.75) is 25.7 Å². The Hall–Kier alpha value is -2.59. The molecule has 0 spiro atoms. The Balaban J connectivity index is 2.16. The predicted octanol–water partition coefficient (Wildman–Crippen LogP) is 3.49. The number of hydrogen-bond acceptors (Lipinski definition) is 4. The number of aryl methyl sites for hydroxylation is 1. The van der Waals surface area contributed by atoms with E-state index in [9.17, 15) is 26.4 Å². The molecular weight excluding hydrogens is 407 g/mol. The van der Waals surface area contributed by atoms with Crippen molar-refractivity contribution in [3.05, 3.63) is 53.3 Å². The average Bonchev–Trinajstić information content (AvgIpc) is 2.68. The molecule has 0 unspecified atom stereocenters. The molecule has 0 aliphatic carbocycles. The van der Waals surface area contributed by atoms with Crippen LogP contribution in [0.15, 0.2) is 35.2 Å². The summed E-state index contributed by atoms with van der Waals surface area (Å²) >= 11 is 0. The van der Waals surface area contributed by atoms with Crippen molar-refractivity contribution in [2.24, 2.45) is 0 Å². The minimum Gasteiger partial charge on any atom is -0.374 e. The van der Waals surface area contributed by atoms with E-state index in [1.54, 1.807) is 26.8 Å². The van der Waals surface area contributed by atoms with Crippen molar-refractivity contribution in [1.29, 1.82) is 0 Å². The molecule has 158 valence electrons. The van der Waals surface area contributed by atoms with E-state index in [1.165, 1.54) is 16.4 Å². The second-order valence-corrected chi connectivity index (χ2v) is 8.13. The molecule has 0 saturated carbocycles. The molecule has 0 bridgehead atoms. The smallest absolute Gasteiger partial charge is 0.243 e. The molecule has 0 atom stereocenters. The Morgan fingerprint density at radius 1 is 1.00 bits per heavy atom. The highest BCUT2D eigenvalue weighted by atomic mass is 32.2. The zero-order chi connectivity index (χ0) is 21.8. The van der Waals surface area contributed by atoms with Crippen LogP contribution in [0, 0.1) is 24.4 Å². The third kappa shape index (κ3) is 5.07. The Morgan fingerprint density at radius 2 is 1.66 bits per heavy atom. The summed E-state index contributed by atoms with van der Waals surface area (Å²) in [6.45, 7) is 5.30. The van der Waals surface area contributed by atoms with Crippen LogP contribution in [0.2, 0.25) is 0 Å². The molecule has 0 radical (unpaired) electrons. The number of anilines is 2. The summed E-state index contributed by atoms with van der Waals surface area (Å²) in [6, 6.07) is 6.08. The van der Waals surface area contributed by atoms with Gasteiger partial charge in [0.05, 0.1) is 17.1 Å². The van der Waals surface area contributed by atoms with Crippen molar-refractivity contribution >= 4 is 27.3 Å². The standard InChI is InChI=1S/C19H22F3N3O3S/c1-4-25(5-2)29(27,28)13-7-6-12(3)16(10-13)24-17(26)11-23-15-9-8-14(20)18(21)19(15)22/h6-10,23H,4-5,11H2,1-3H3,(H,24,26). The molecule has 0 fully saturated rings. The van der Waals surface area contributed by atoms with E-state index in [0.717, 1.165) is 12.1 Å². The summed E-state index contributed by atoms with van der Waals surface area (Å²) in [4.78, 5) is 12.2. The fraction of sp³-hybridized carbons (Fsp3) is 0.316. The number of rotatable bonds is 8. The van der Waals surface area contributed by atoms with Crippen LogP contribution >= 0.6 is 0 Å². The largest absolute Gasteiger partial charge is 0.374 e. The van der Waals surface area contributed by atoms with Crippen LogP contribution in [-0.2, 0) is 14.8 Å². The van der Waals surface area contributed by atoms with E-state index in [4.69, 9.17) is 0 Å². The van der Waals surface area contributed by atoms with E-state index in [1.807, 2.05) is 0 Å². The second-order valence-electron chi connectivity index (χ2n) is 6.19. The van der Waals surface area contributed by atoms with Crippen LogP contribution in [0.1, 0.15) is 19.4 Å². The predicted molar refractivity (Wildman–Crippen MR) is 105 cm³/mol. The van der Waals surface area contributed by atoms with E-state index in [0.29, 0.717) is 18.7 Å². The molecule has 0 aromatic heterocycles. The molecule has 0 aliphatic heterocycles. The van der Waals surface area contributed by atoms with Crippen molar-refractivity contribution < 1.29 is 26.4 Å². The first-order valence-corrected chi connectivity index (χ1v) is 10.3. The van der Waals surface area contributed by atoms with Gasteiger partial charge in [0.1, 0.15) is 0 Å². The Bertz CT molecular complexity index is 1010. The van der Waals surface area contributed by atoms with E-state index in [2.05, 4.69) is 10.6 Å². The van der Waals surface area contributed by atoms with Gasteiger partial charge in [-0.1, -0.05) is 19.9 Å². The van der Waals surface area contributed by atoms with E-state index >= 15 is 0 Å². The van der Waals surface area contributed by atoms with Gasteiger partial charge in [0.2, 0.25) is 15.9 Å². The Kier molecular flexibility index (Phi) is 7.26. The number of nitrogens with zero attached hydrogens (tertiary/aromatic N) is 1. The maximum atomic E-state index is 13.7. The molecule has 2 aromatic carbocycles. The molecule has 1 amide bonds. The van der Waals surface area contributed by atoms with Gasteiger partial charge in [0.25, 0.3) is 0 Å². The zero-order valence-electron chi connectivity index (χ0n) is 16.2. The number of amides is 1. The van der Waals surface area contributed by atoms with Gasteiger partial charge >= 0.3 is 0 Å². The maximum absolute atomic E-state index is 13.7. The monoisotopic (exact) mass is 429 g/mol. The minimum atomic E-state index is -3.71. The summed E-state index contributed by atoms with van der Waals surface area (Å²) in [7, 11) is -3.71. The van der Waals surface area contributed by atoms with Crippen LogP contribution in [0.3, 0.4) is 0 Å². The molecule has 2 rings (SSSR count). The zero-order valence-corrected chi connectivity index (χ0v) is 17.0. The lowest BCUT2D eigenvalue weighted by atomic mass is 10.2. The number of sulfonamides is 1. The van der Waals surface area contributed by atoms with Crippen LogP contribution in [0.25, 0.3) is 0 Å². The second kappa shape index (κ2) is 9.27. The summed E-state index contributed by atoms with van der Waals surface area (Å²) < 4.78 is 66.4. The number of halogens is 3. The van der Waals surface area contributed by atoms with Crippen molar-refractivity contribution in [3.8, 4) is 0 Å². The highest BCUT2D eigenvalue weighted by Gasteiger charge is 2.22. The van der Waals surface area contributed by atoms with Gasteiger partial charge in [0, 0.05) is 18.8 Å². The van der Waals surface area contributed by atoms with Crippen LogP contribution in [-0.4, -0.2) is 38.3 Å². The van der Waals surface area contributed by atoms with Gasteiger partial charge in [-0.3, -0.25) is 4.79 Å². The molecule has 2 N–H and O–H groups in total. The summed E-state index contributed by atoms with van der Waals surface area (Å²) in [5.74, 6) is -5.02. The minimum absolute atomic E-state index is 0.0294. The Labute approximate surface area is 167 Å². The van der Waals surface area contributed by atoms with Crippen molar-refractivity contribution in [1.82, 2.24) is 4.31 Å². The highest BCUT2D eigenvalue weighted by molar-refractivity contribution is 7.89. The fourth-order valence-corrected chi connectivity index (χ4v) is 4.13. The third-order valence-electron chi connectivity index (χ3n) is 4.30. The van der Waals surface area contributed by atoms with Gasteiger partial charge < -0.3 is 10.6 Å². The van der Waals surface area contributed by atoms with Gasteiger partial charge in [0.15, 0.2) is 17.5 Å². The number of hydrogen-bond donors (Lipinski definition) is 2. The lowest BCUT2D eigenvalue weighted by Gasteiger charge is -2.19. The first-order valence-electron chi connectivity index (χ1n) is 8.89. The molecule has 6 nitrogen and oxygen atoms in total. The van der Waals surface area contributed by atoms with E-state index in [-0.39, 0.29) is 16.3 Å². The molecule has 29 heavy (non-hydrogen) atoms. The molecule has 0 saturated heterocycles. The summed E-state index contributed by atoms with van der Waals surface area (Å²) in [5.41, 5.74) is 0.528. The number of nitrogens with one attached hydrogen (secondary N) is 2. The normalized spacial score (nSPS) is 11.6. The number of carbonyl (C=O) groups excluding carboxylic acids is 1. The van der Waals surface area contributed by atoms with Crippen LogP contribution in [0.5, 0.6) is 0 Å². The summed E-state index contributed by atoms with van der Waals surface area (Å²) in [6.07, 6.45) is 0. The lowest BCUT2D eigenvalue weighted by molar-refractivity contribution is -0.114. The molecular formula is C19H22F3N3O3S. The topological polar surface area (TPSA) is 78.5 Å². The first kappa shape index (κ1) is 22.7. The van der Waals surface area contributed by atoms with Crippen LogP contribution in [0.4, 0.5) is 24.5 Å². The van der Waals surface area contributed by atoms with Crippen molar-refractivity contribution in [2.75, 3.05) is 30.3 Å². The van der Waals surface area contributed by atoms with Crippen LogP contribution < -0.4 is 10.6 Å². The quantitative estimate of drug-likeness (QED) is 0.630. The lowest BCUT2D eigenvalue weighted by Crippen LogP contribution is -2.30.